The fraction of sp³-hybridized carbons (Fsp3) is 0.333. The smallest absolute Gasteiger partial charge is 0.307 e. The number of carboxylic acids is 1. The molecule has 0 amide bonds. The molecule has 1 aromatic rings. The first-order valence-corrected chi connectivity index (χ1v) is 4.73. The highest BCUT2D eigenvalue weighted by Gasteiger charge is 1.99. The Bertz CT molecular complexity index is 322. The number of carbonyl (C=O) groups is 1. The first kappa shape index (κ1) is 9.92. The summed E-state index contributed by atoms with van der Waals surface area (Å²) in [5.74, 6) is -0.818. The first-order chi connectivity index (χ1) is 6.09. The van der Waals surface area contributed by atoms with Gasteiger partial charge < -0.3 is 5.11 Å². The number of aliphatic carboxylic acids is 1. The van der Waals surface area contributed by atoms with E-state index in [0.717, 1.165) is 10.7 Å². The maximum Gasteiger partial charge on any atom is 0.307 e. The molecule has 0 aliphatic rings. The highest BCUT2D eigenvalue weighted by molar-refractivity contribution is 7.12. The number of carboxylic acid groups (broad SMARTS) is 1. The summed E-state index contributed by atoms with van der Waals surface area (Å²) in [6.45, 7) is 3.95. The van der Waals surface area contributed by atoms with Gasteiger partial charge in [-0.15, -0.1) is 11.3 Å². The topological polar surface area (TPSA) is 50.2 Å². The van der Waals surface area contributed by atoms with E-state index in [9.17, 15) is 4.79 Å². The quantitative estimate of drug-likeness (QED) is 0.808. The Hall–Kier alpha value is -1.16. The lowest BCUT2D eigenvalue weighted by Gasteiger charge is -1.82. The summed E-state index contributed by atoms with van der Waals surface area (Å²) in [7, 11) is 0. The number of aromatic nitrogens is 1. The molecule has 0 unspecified atom stereocenters. The number of aryl methyl sites for hydroxylation is 2. The molecule has 3 nitrogen and oxygen atoms in total. The van der Waals surface area contributed by atoms with Gasteiger partial charge in [0.2, 0.25) is 0 Å². The van der Waals surface area contributed by atoms with Gasteiger partial charge in [-0.2, -0.15) is 0 Å². The zero-order valence-corrected chi connectivity index (χ0v) is 8.39. The molecule has 1 rings (SSSR count). The number of thiazole rings is 1. The Morgan fingerprint density at radius 1 is 1.62 bits per heavy atom. The van der Waals surface area contributed by atoms with Crippen LogP contribution >= 0.6 is 11.3 Å². The van der Waals surface area contributed by atoms with Crippen LogP contribution in [0, 0.1) is 13.8 Å². The van der Waals surface area contributed by atoms with E-state index in [0.29, 0.717) is 0 Å². The zero-order chi connectivity index (χ0) is 9.84. The van der Waals surface area contributed by atoms with Crippen LogP contribution in [0.2, 0.25) is 0 Å². The molecule has 4 heteroatoms. The molecule has 0 bridgehead atoms. The van der Waals surface area contributed by atoms with Crippen LogP contribution in [0.25, 0.3) is 6.08 Å². The second kappa shape index (κ2) is 4.18. The summed E-state index contributed by atoms with van der Waals surface area (Å²) in [5, 5.41) is 9.25. The molecule has 0 atom stereocenters. The molecule has 0 aromatic carbocycles. The molecule has 0 radical (unpaired) electrons. The van der Waals surface area contributed by atoms with Crippen LogP contribution in [-0.4, -0.2) is 16.1 Å². The van der Waals surface area contributed by atoms with Gasteiger partial charge in [-0.3, -0.25) is 4.79 Å². The molecule has 1 N–H and O–H groups in total. The monoisotopic (exact) mass is 197 g/mol. The molecule has 0 aliphatic heterocycles. The largest absolute Gasteiger partial charge is 0.481 e. The highest BCUT2D eigenvalue weighted by atomic mass is 32.1. The summed E-state index contributed by atoms with van der Waals surface area (Å²) < 4.78 is 0. The van der Waals surface area contributed by atoms with Crippen molar-refractivity contribution in [2.75, 3.05) is 0 Å². The minimum atomic E-state index is -0.818. The van der Waals surface area contributed by atoms with Crippen LogP contribution in [0.3, 0.4) is 0 Å². The summed E-state index contributed by atoms with van der Waals surface area (Å²) in [6.07, 6.45) is 3.41. The van der Waals surface area contributed by atoms with Crippen LogP contribution < -0.4 is 0 Å². The molecule has 0 spiro atoms. The summed E-state index contributed by atoms with van der Waals surface area (Å²) in [6, 6.07) is 0. The van der Waals surface area contributed by atoms with E-state index in [1.165, 1.54) is 4.88 Å². The van der Waals surface area contributed by atoms with Gasteiger partial charge >= 0.3 is 5.97 Å². The van der Waals surface area contributed by atoms with Gasteiger partial charge in [0.25, 0.3) is 0 Å². The predicted molar refractivity (Wildman–Crippen MR) is 52.9 cm³/mol. The second-order valence-corrected chi connectivity index (χ2v) is 3.93. The zero-order valence-electron chi connectivity index (χ0n) is 7.57. The summed E-state index contributed by atoms with van der Waals surface area (Å²) >= 11 is 1.58. The molecule has 1 aromatic heterocycles. The molecule has 1 heterocycles. The molecule has 0 fully saturated rings. The third kappa shape index (κ3) is 2.99. The van der Waals surface area contributed by atoms with Gasteiger partial charge in [0.05, 0.1) is 12.1 Å². The second-order valence-electron chi connectivity index (χ2n) is 2.69. The van der Waals surface area contributed by atoms with Crippen LogP contribution in [0.5, 0.6) is 0 Å². The Kier molecular flexibility index (Phi) is 3.19. The van der Waals surface area contributed by atoms with E-state index in [-0.39, 0.29) is 6.42 Å². The molecular weight excluding hydrogens is 186 g/mol. The maximum absolute atomic E-state index is 10.2. The predicted octanol–water partition coefficient (Wildman–Crippen LogP) is 2.25. The number of hydrogen-bond acceptors (Lipinski definition) is 3. The molecule has 70 valence electrons. The van der Waals surface area contributed by atoms with Crippen molar-refractivity contribution in [2.45, 2.75) is 20.3 Å². The average Bonchev–Trinajstić information content (AvgIpc) is 2.30. The van der Waals surface area contributed by atoms with Crippen LogP contribution in [0.1, 0.15) is 22.0 Å². The van der Waals surface area contributed by atoms with E-state index in [1.54, 1.807) is 23.5 Å². The van der Waals surface area contributed by atoms with Gasteiger partial charge in [-0.25, -0.2) is 4.98 Å². The van der Waals surface area contributed by atoms with Crippen molar-refractivity contribution < 1.29 is 9.90 Å². The Morgan fingerprint density at radius 2 is 2.31 bits per heavy atom. The van der Waals surface area contributed by atoms with Crippen LogP contribution in [-0.2, 0) is 4.79 Å². The number of nitrogens with zero attached hydrogens (tertiary/aromatic N) is 1. The Balaban J connectivity index is 2.64. The SMILES string of the molecule is Cc1nc(C=CCC(=O)O)sc1C. The van der Waals surface area contributed by atoms with Crippen molar-refractivity contribution >= 4 is 23.4 Å². The summed E-state index contributed by atoms with van der Waals surface area (Å²) in [4.78, 5) is 15.6. The molecule has 0 aliphatic carbocycles. The van der Waals surface area contributed by atoms with Crippen molar-refractivity contribution in [3.63, 3.8) is 0 Å². The Labute approximate surface area is 80.7 Å². The molecule has 0 saturated heterocycles. The van der Waals surface area contributed by atoms with Gasteiger partial charge in [-0.05, 0) is 19.9 Å². The lowest BCUT2D eigenvalue weighted by Crippen LogP contribution is -1.89. The average molecular weight is 197 g/mol. The highest BCUT2D eigenvalue weighted by Crippen LogP contribution is 2.17. The van der Waals surface area contributed by atoms with Crippen molar-refractivity contribution in [1.29, 1.82) is 0 Å². The van der Waals surface area contributed by atoms with Gasteiger partial charge in [0, 0.05) is 4.88 Å². The normalized spacial score (nSPS) is 10.9. The fourth-order valence-corrected chi connectivity index (χ4v) is 1.68. The first-order valence-electron chi connectivity index (χ1n) is 3.92. The number of rotatable bonds is 3. The van der Waals surface area contributed by atoms with Crippen molar-refractivity contribution in [3.05, 3.63) is 21.7 Å². The van der Waals surface area contributed by atoms with Crippen molar-refractivity contribution in [2.24, 2.45) is 0 Å². The lowest BCUT2D eigenvalue weighted by molar-refractivity contribution is -0.135. The maximum atomic E-state index is 10.2. The van der Waals surface area contributed by atoms with E-state index in [2.05, 4.69) is 4.98 Å². The van der Waals surface area contributed by atoms with Gasteiger partial charge in [-0.1, -0.05) is 6.08 Å². The van der Waals surface area contributed by atoms with Crippen molar-refractivity contribution in [3.8, 4) is 0 Å². The van der Waals surface area contributed by atoms with Crippen LogP contribution in [0.4, 0.5) is 0 Å². The van der Waals surface area contributed by atoms with Crippen LogP contribution in [0.15, 0.2) is 6.08 Å². The fourth-order valence-electron chi connectivity index (χ4n) is 0.829. The van der Waals surface area contributed by atoms with E-state index >= 15 is 0 Å². The van der Waals surface area contributed by atoms with Crippen molar-refractivity contribution in [1.82, 2.24) is 4.98 Å². The summed E-state index contributed by atoms with van der Waals surface area (Å²) in [5.41, 5.74) is 1.01. The van der Waals surface area contributed by atoms with E-state index in [4.69, 9.17) is 5.11 Å². The molecule has 0 saturated carbocycles. The number of hydrogen-bond donors (Lipinski definition) is 1. The standard InChI is InChI=1S/C9H11NO2S/c1-6-7(2)13-8(10-6)4-3-5-9(11)12/h3-4H,5H2,1-2H3,(H,11,12). The lowest BCUT2D eigenvalue weighted by atomic mass is 10.4. The molecule has 13 heavy (non-hydrogen) atoms. The molecular formula is C9H11NO2S. The minimum Gasteiger partial charge on any atom is -0.481 e. The van der Waals surface area contributed by atoms with Gasteiger partial charge in [0.15, 0.2) is 0 Å². The van der Waals surface area contributed by atoms with E-state index < -0.39 is 5.97 Å². The van der Waals surface area contributed by atoms with Gasteiger partial charge in [0.1, 0.15) is 5.01 Å². The third-order valence-corrected chi connectivity index (χ3v) is 2.64. The minimum absolute atomic E-state index is 0.0532. The Morgan fingerprint density at radius 3 is 2.77 bits per heavy atom. The van der Waals surface area contributed by atoms with E-state index in [1.807, 2.05) is 13.8 Å². The third-order valence-electron chi connectivity index (χ3n) is 1.60.